The van der Waals surface area contributed by atoms with Crippen LogP contribution >= 0.6 is 11.6 Å². The number of rotatable bonds is 6. The standard InChI is InChI=1S/C30H21ClN2O7/c1-2-38-22-12-11-15(13-19(22)31)26-18(14-32-33-26)23(24-27(34)16-7-3-5-9-20(16)39-29(24)36)25-28(35)17-8-4-6-10-21(17)40-30(25)37/h3-14,23,34-35H,2H2,1H3,(H,32,33). The van der Waals surface area contributed by atoms with Gasteiger partial charge in [0.1, 0.15) is 28.4 Å². The van der Waals surface area contributed by atoms with Gasteiger partial charge in [0.2, 0.25) is 0 Å². The molecule has 3 N–H and O–H groups in total. The van der Waals surface area contributed by atoms with E-state index in [2.05, 4.69) is 10.2 Å². The highest BCUT2D eigenvalue weighted by molar-refractivity contribution is 6.32. The van der Waals surface area contributed by atoms with Crippen LogP contribution in [-0.2, 0) is 0 Å². The molecule has 0 saturated heterocycles. The summed E-state index contributed by atoms with van der Waals surface area (Å²) in [6.07, 6.45) is 1.41. The monoisotopic (exact) mass is 556 g/mol. The van der Waals surface area contributed by atoms with E-state index < -0.39 is 28.7 Å². The van der Waals surface area contributed by atoms with E-state index in [0.717, 1.165) is 0 Å². The van der Waals surface area contributed by atoms with Crippen molar-refractivity contribution >= 4 is 33.5 Å². The molecule has 0 bridgehead atoms. The van der Waals surface area contributed by atoms with E-state index in [-0.39, 0.29) is 38.6 Å². The predicted octanol–water partition coefficient (Wildman–Crippen LogP) is 5.93. The molecule has 0 aliphatic carbocycles. The van der Waals surface area contributed by atoms with E-state index >= 15 is 0 Å². The summed E-state index contributed by atoms with van der Waals surface area (Å²) in [5.41, 5.74) is -0.784. The Bertz CT molecular complexity index is 1930. The number of para-hydroxylation sites is 2. The Morgan fingerprint density at radius 2 is 1.48 bits per heavy atom. The first kappa shape index (κ1) is 25.3. The Kier molecular flexibility index (Phi) is 6.28. The lowest BCUT2D eigenvalue weighted by Gasteiger charge is -2.20. The Morgan fingerprint density at radius 3 is 2.02 bits per heavy atom. The molecular weight excluding hydrogens is 536 g/mol. The number of hydrogen-bond acceptors (Lipinski definition) is 8. The smallest absolute Gasteiger partial charge is 0.344 e. The summed E-state index contributed by atoms with van der Waals surface area (Å²) in [6.45, 7) is 2.26. The molecule has 0 aliphatic rings. The second-order valence-electron chi connectivity index (χ2n) is 9.01. The summed E-state index contributed by atoms with van der Waals surface area (Å²) >= 11 is 6.45. The predicted molar refractivity (Wildman–Crippen MR) is 149 cm³/mol. The maximum absolute atomic E-state index is 13.5. The summed E-state index contributed by atoms with van der Waals surface area (Å²) < 4.78 is 16.6. The van der Waals surface area contributed by atoms with Crippen LogP contribution in [0.25, 0.3) is 33.2 Å². The molecule has 0 unspecified atom stereocenters. The molecular formula is C30H21ClN2O7. The van der Waals surface area contributed by atoms with Crippen LogP contribution < -0.4 is 16.0 Å². The second-order valence-corrected chi connectivity index (χ2v) is 9.41. The Labute approximate surface area is 230 Å². The van der Waals surface area contributed by atoms with E-state index in [1.54, 1.807) is 66.7 Å². The van der Waals surface area contributed by atoms with Crippen LogP contribution in [0, 0.1) is 0 Å². The van der Waals surface area contributed by atoms with E-state index in [1.165, 1.54) is 6.20 Å². The highest BCUT2D eigenvalue weighted by atomic mass is 35.5. The minimum atomic E-state index is -1.35. The van der Waals surface area contributed by atoms with Crippen LogP contribution in [0.2, 0.25) is 5.02 Å². The van der Waals surface area contributed by atoms with Crippen molar-refractivity contribution in [3.63, 3.8) is 0 Å². The molecule has 40 heavy (non-hydrogen) atoms. The van der Waals surface area contributed by atoms with Gasteiger partial charge in [-0.3, -0.25) is 5.10 Å². The first-order valence-electron chi connectivity index (χ1n) is 12.3. The van der Waals surface area contributed by atoms with Gasteiger partial charge in [-0.25, -0.2) is 9.59 Å². The van der Waals surface area contributed by atoms with Gasteiger partial charge in [0, 0.05) is 11.1 Å². The fourth-order valence-electron chi connectivity index (χ4n) is 4.93. The van der Waals surface area contributed by atoms with Gasteiger partial charge in [-0.1, -0.05) is 35.9 Å². The van der Waals surface area contributed by atoms with Crippen molar-refractivity contribution in [1.82, 2.24) is 10.2 Å². The number of hydrogen-bond donors (Lipinski definition) is 3. The van der Waals surface area contributed by atoms with E-state index in [0.29, 0.717) is 28.6 Å². The van der Waals surface area contributed by atoms with Gasteiger partial charge in [-0.15, -0.1) is 0 Å². The first-order chi connectivity index (χ1) is 19.4. The summed E-state index contributed by atoms with van der Waals surface area (Å²) in [5, 5.41) is 30.7. The maximum atomic E-state index is 13.5. The molecule has 0 spiro atoms. The third-order valence-electron chi connectivity index (χ3n) is 6.72. The van der Waals surface area contributed by atoms with Crippen molar-refractivity contribution < 1.29 is 23.8 Å². The summed E-state index contributed by atoms with van der Waals surface area (Å²) in [7, 11) is 0. The van der Waals surface area contributed by atoms with Crippen LogP contribution in [0.3, 0.4) is 0 Å². The highest BCUT2D eigenvalue weighted by Crippen LogP contribution is 2.44. The van der Waals surface area contributed by atoms with E-state index in [4.69, 9.17) is 25.2 Å². The molecule has 0 aliphatic heterocycles. The molecule has 3 heterocycles. The zero-order valence-corrected chi connectivity index (χ0v) is 21.7. The van der Waals surface area contributed by atoms with Gasteiger partial charge in [0.05, 0.1) is 51.3 Å². The number of fused-ring (bicyclic) bond motifs is 2. The number of H-pyrrole nitrogens is 1. The number of nitrogens with one attached hydrogen (secondary N) is 1. The van der Waals surface area contributed by atoms with Crippen LogP contribution in [-0.4, -0.2) is 27.0 Å². The average molecular weight is 557 g/mol. The number of benzene rings is 3. The Morgan fingerprint density at radius 1 is 0.900 bits per heavy atom. The van der Waals surface area contributed by atoms with Crippen molar-refractivity contribution in [2.75, 3.05) is 6.61 Å². The Hall–Kier alpha value is -5.02. The van der Waals surface area contributed by atoms with Crippen molar-refractivity contribution in [1.29, 1.82) is 0 Å². The molecule has 0 atom stereocenters. The van der Waals surface area contributed by atoms with Crippen LogP contribution in [0.4, 0.5) is 0 Å². The van der Waals surface area contributed by atoms with Gasteiger partial charge in [-0.2, -0.15) is 5.10 Å². The van der Waals surface area contributed by atoms with Crippen molar-refractivity contribution in [2.45, 2.75) is 12.8 Å². The first-order valence-corrected chi connectivity index (χ1v) is 12.7. The summed E-state index contributed by atoms with van der Waals surface area (Å²) in [5.74, 6) is -1.67. The molecule has 9 nitrogen and oxygen atoms in total. The number of ether oxygens (including phenoxy) is 1. The lowest BCUT2D eigenvalue weighted by molar-refractivity contribution is 0.340. The molecule has 0 saturated carbocycles. The topological polar surface area (TPSA) is 139 Å². The molecule has 10 heteroatoms. The number of aromatic hydroxyl groups is 2. The fraction of sp³-hybridized carbons (Fsp3) is 0.100. The number of halogens is 1. The molecule has 0 amide bonds. The molecule has 200 valence electrons. The van der Waals surface area contributed by atoms with Gasteiger partial charge in [0.15, 0.2) is 0 Å². The van der Waals surface area contributed by atoms with E-state index in [1.807, 2.05) is 6.92 Å². The zero-order valence-electron chi connectivity index (χ0n) is 21.0. The van der Waals surface area contributed by atoms with Crippen molar-refractivity contribution in [3.05, 3.63) is 115 Å². The number of aromatic nitrogens is 2. The highest BCUT2D eigenvalue weighted by Gasteiger charge is 2.35. The maximum Gasteiger partial charge on any atom is 0.344 e. The summed E-state index contributed by atoms with van der Waals surface area (Å²) in [6, 6.07) is 18.0. The number of aromatic amines is 1. The van der Waals surface area contributed by atoms with Crippen LogP contribution in [0.1, 0.15) is 29.5 Å². The molecule has 3 aromatic heterocycles. The SMILES string of the molecule is CCOc1ccc(-c2[nH]ncc2C(c2c(O)c3ccccc3oc2=O)c2c(O)c3ccccc3oc2=O)cc1Cl. The zero-order chi connectivity index (χ0) is 28.0. The quantitative estimate of drug-likeness (QED) is 0.214. The lowest BCUT2D eigenvalue weighted by Crippen LogP contribution is -2.21. The third-order valence-corrected chi connectivity index (χ3v) is 7.01. The van der Waals surface area contributed by atoms with Gasteiger partial charge in [0.25, 0.3) is 0 Å². The third kappa shape index (κ3) is 4.07. The average Bonchev–Trinajstić information content (AvgIpc) is 3.43. The normalized spacial score (nSPS) is 11.5. The van der Waals surface area contributed by atoms with Crippen LogP contribution in [0.5, 0.6) is 17.2 Å². The Balaban J connectivity index is 1.68. The second kappa shape index (κ2) is 9.94. The molecule has 3 aromatic carbocycles. The van der Waals surface area contributed by atoms with Crippen molar-refractivity contribution in [2.24, 2.45) is 0 Å². The minimum absolute atomic E-state index is 0.160. The molecule has 0 radical (unpaired) electrons. The molecule has 6 rings (SSSR count). The molecule has 6 aromatic rings. The number of nitrogens with zero attached hydrogens (tertiary/aromatic N) is 1. The summed E-state index contributed by atoms with van der Waals surface area (Å²) in [4.78, 5) is 26.9. The fourth-order valence-corrected chi connectivity index (χ4v) is 5.17. The van der Waals surface area contributed by atoms with E-state index in [9.17, 15) is 19.8 Å². The van der Waals surface area contributed by atoms with Gasteiger partial charge in [-0.05, 0) is 49.4 Å². The van der Waals surface area contributed by atoms with Crippen LogP contribution in [0.15, 0.2) is 91.4 Å². The van der Waals surface area contributed by atoms with Crippen molar-refractivity contribution in [3.8, 4) is 28.5 Å². The largest absolute Gasteiger partial charge is 0.507 e. The molecule has 0 fully saturated rings. The van der Waals surface area contributed by atoms with Gasteiger partial charge < -0.3 is 23.8 Å². The lowest BCUT2D eigenvalue weighted by atomic mass is 9.84. The minimum Gasteiger partial charge on any atom is -0.507 e. The van der Waals surface area contributed by atoms with Gasteiger partial charge >= 0.3 is 11.3 Å².